The van der Waals surface area contributed by atoms with E-state index in [4.69, 9.17) is 0 Å². The molecule has 0 unspecified atom stereocenters. The number of hydrazine groups is 1. The second-order valence-corrected chi connectivity index (χ2v) is 1.25. The van der Waals surface area contributed by atoms with E-state index in [1.165, 1.54) is 0 Å². The fraction of sp³-hybridized carbons (Fsp3) is 1.00. The van der Waals surface area contributed by atoms with Gasteiger partial charge in [0.2, 0.25) is 0 Å². The molecule has 0 aromatic rings. The van der Waals surface area contributed by atoms with E-state index in [0.717, 1.165) is 13.0 Å². The van der Waals surface area contributed by atoms with Crippen molar-refractivity contribution in [3.63, 3.8) is 0 Å². The lowest BCUT2D eigenvalue weighted by Crippen LogP contribution is -2.27. The molecule has 0 aliphatic carbocycles. The van der Waals surface area contributed by atoms with Crippen LogP contribution in [0.15, 0.2) is 10.4 Å². The number of rotatable bonds is 4. The van der Waals surface area contributed by atoms with Crippen LogP contribution in [0.4, 0.5) is 0 Å². The normalized spacial score (nSPS) is 10.1. The summed E-state index contributed by atoms with van der Waals surface area (Å²) in [5, 5.41) is 6.21. The molecular formula is C3H11N5. The third-order valence-electron chi connectivity index (χ3n) is 0.562. The first-order chi connectivity index (χ1) is 3.91. The Morgan fingerprint density at radius 1 is 1.62 bits per heavy atom. The molecule has 5 nitrogen and oxygen atoms in total. The van der Waals surface area contributed by atoms with Gasteiger partial charge in [0.15, 0.2) is 0 Å². The third kappa shape index (κ3) is 5.16. The van der Waals surface area contributed by atoms with Crippen molar-refractivity contribution in [3.8, 4) is 0 Å². The molecule has 0 rings (SSSR count). The summed E-state index contributed by atoms with van der Waals surface area (Å²) in [7, 11) is 0. The molecular weight excluding hydrogens is 106 g/mol. The fourth-order valence-electron chi connectivity index (χ4n) is 0.245. The minimum Gasteiger partial charge on any atom is -0.303 e. The first-order valence-corrected chi connectivity index (χ1v) is 2.49. The second kappa shape index (κ2) is 6.16. The quantitative estimate of drug-likeness (QED) is 0.205. The molecule has 0 aliphatic rings. The summed E-state index contributed by atoms with van der Waals surface area (Å²) in [5.41, 5.74) is 5.16. The Kier molecular flexibility index (Phi) is 5.51. The van der Waals surface area contributed by atoms with E-state index in [1.54, 1.807) is 0 Å². The minimum absolute atomic E-state index is 0.860. The SMILES string of the molecule is CCCNNN=NN. The highest BCUT2D eigenvalue weighted by Gasteiger charge is 1.73. The maximum absolute atomic E-state index is 4.67. The molecule has 5 heteroatoms. The van der Waals surface area contributed by atoms with Gasteiger partial charge in [0, 0.05) is 6.54 Å². The zero-order chi connectivity index (χ0) is 6.24. The van der Waals surface area contributed by atoms with E-state index < -0.39 is 0 Å². The van der Waals surface area contributed by atoms with E-state index in [1.807, 2.05) is 6.92 Å². The van der Waals surface area contributed by atoms with Crippen LogP contribution < -0.4 is 16.8 Å². The van der Waals surface area contributed by atoms with Crippen molar-refractivity contribution in [1.82, 2.24) is 11.0 Å². The van der Waals surface area contributed by atoms with E-state index in [2.05, 4.69) is 27.2 Å². The molecule has 0 saturated carbocycles. The lowest BCUT2D eigenvalue weighted by Gasteiger charge is -1.95. The zero-order valence-corrected chi connectivity index (χ0v) is 4.89. The van der Waals surface area contributed by atoms with Crippen molar-refractivity contribution in [2.24, 2.45) is 16.3 Å². The van der Waals surface area contributed by atoms with Gasteiger partial charge in [0.05, 0.1) is 0 Å². The van der Waals surface area contributed by atoms with Crippen molar-refractivity contribution in [2.75, 3.05) is 6.54 Å². The summed E-state index contributed by atoms with van der Waals surface area (Å²) >= 11 is 0. The Labute approximate surface area is 48.3 Å². The van der Waals surface area contributed by atoms with Crippen LogP contribution in [0.5, 0.6) is 0 Å². The fourth-order valence-corrected chi connectivity index (χ4v) is 0.245. The van der Waals surface area contributed by atoms with Crippen molar-refractivity contribution in [2.45, 2.75) is 13.3 Å². The number of nitrogens with one attached hydrogen (secondary N) is 2. The van der Waals surface area contributed by atoms with Crippen molar-refractivity contribution >= 4 is 0 Å². The number of nitrogens with two attached hydrogens (primary N) is 1. The molecule has 4 N–H and O–H groups in total. The summed E-state index contributed by atoms with van der Waals surface area (Å²) in [5.74, 6) is 4.67. The highest BCUT2D eigenvalue weighted by Crippen LogP contribution is 1.64. The average molecular weight is 117 g/mol. The monoisotopic (exact) mass is 117 g/mol. The molecule has 0 bridgehead atoms. The molecule has 0 amide bonds. The molecule has 0 heterocycles. The predicted octanol–water partition coefficient (Wildman–Crippen LogP) is -0.269. The number of hydrogen-bond donors (Lipinski definition) is 3. The number of nitrogens with zero attached hydrogens (tertiary/aromatic N) is 2. The van der Waals surface area contributed by atoms with E-state index >= 15 is 0 Å². The first-order valence-electron chi connectivity index (χ1n) is 2.49. The maximum Gasteiger partial charge on any atom is 0.0161 e. The van der Waals surface area contributed by atoms with Gasteiger partial charge in [-0.25, -0.2) is 11.0 Å². The van der Waals surface area contributed by atoms with Crippen molar-refractivity contribution in [3.05, 3.63) is 0 Å². The standard InChI is InChI=1S/C3H11N5/c1-2-3-5-7-8-6-4/h2-3H2,1H3,(H,6,7)(H3,4,5,8). The summed E-state index contributed by atoms with van der Waals surface area (Å²) in [6.45, 7) is 2.91. The average Bonchev–Trinajstić information content (AvgIpc) is 1.81. The highest BCUT2D eigenvalue weighted by atomic mass is 15.6. The van der Waals surface area contributed by atoms with Gasteiger partial charge in [0.1, 0.15) is 0 Å². The van der Waals surface area contributed by atoms with Crippen LogP contribution >= 0.6 is 0 Å². The second-order valence-electron chi connectivity index (χ2n) is 1.25. The molecule has 0 atom stereocenters. The van der Waals surface area contributed by atoms with Crippen LogP contribution in [0.25, 0.3) is 0 Å². The first kappa shape index (κ1) is 7.16. The summed E-state index contributed by atoms with van der Waals surface area (Å²) < 4.78 is 0. The molecule has 0 aliphatic heterocycles. The highest BCUT2D eigenvalue weighted by molar-refractivity contribution is 4.29. The molecule has 0 saturated heterocycles. The Hall–Kier alpha value is -0.840. The van der Waals surface area contributed by atoms with Gasteiger partial charge in [-0.3, -0.25) is 0 Å². The smallest absolute Gasteiger partial charge is 0.0161 e. The lowest BCUT2D eigenvalue weighted by atomic mass is 10.5. The van der Waals surface area contributed by atoms with Crippen LogP contribution in [-0.2, 0) is 0 Å². The van der Waals surface area contributed by atoms with Gasteiger partial charge >= 0.3 is 0 Å². The van der Waals surface area contributed by atoms with E-state index in [-0.39, 0.29) is 0 Å². The molecule has 48 valence electrons. The number of hydrogen-bond acceptors (Lipinski definition) is 3. The Balaban J connectivity index is 2.72. The van der Waals surface area contributed by atoms with Gasteiger partial charge in [-0.1, -0.05) is 12.1 Å². The summed E-state index contributed by atoms with van der Waals surface area (Å²) in [4.78, 5) is 0. The zero-order valence-electron chi connectivity index (χ0n) is 4.89. The van der Waals surface area contributed by atoms with Crippen molar-refractivity contribution in [1.29, 1.82) is 0 Å². The Bertz CT molecular complexity index is 60.7. The molecule has 0 aromatic carbocycles. The molecule has 0 aromatic heterocycles. The van der Waals surface area contributed by atoms with Crippen LogP contribution in [0.2, 0.25) is 0 Å². The predicted molar refractivity (Wildman–Crippen MR) is 30.5 cm³/mol. The molecule has 0 fully saturated rings. The van der Waals surface area contributed by atoms with Crippen LogP contribution in [0.1, 0.15) is 13.3 Å². The van der Waals surface area contributed by atoms with Gasteiger partial charge in [-0.05, 0) is 11.6 Å². The summed E-state index contributed by atoms with van der Waals surface area (Å²) in [6.07, 6.45) is 1.05. The Morgan fingerprint density at radius 3 is 2.88 bits per heavy atom. The lowest BCUT2D eigenvalue weighted by molar-refractivity contribution is 0.524. The largest absolute Gasteiger partial charge is 0.303 e. The van der Waals surface area contributed by atoms with Gasteiger partial charge < -0.3 is 5.84 Å². The minimum atomic E-state index is 0.860. The van der Waals surface area contributed by atoms with Gasteiger partial charge in [-0.15, -0.1) is 0 Å². The molecule has 8 heavy (non-hydrogen) atoms. The Morgan fingerprint density at radius 2 is 2.38 bits per heavy atom. The van der Waals surface area contributed by atoms with Gasteiger partial charge in [0.25, 0.3) is 0 Å². The van der Waals surface area contributed by atoms with Crippen LogP contribution in [0, 0.1) is 0 Å². The third-order valence-corrected chi connectivity index (χ3v) is 0.562. The topological polar surface area (TPSA) is 74.8 Å². The van der Waals surface area contributed by atoms with Crippen molar-refractivity contribution < 1.29 is 0 Å². The van der Waals surface area contributed by atoms with Gasteiger partial charge in [-0.2, -0.15) is 0 Å². The van der Waals surface area contributed by atoms with E-state index in [9.17, 15) is 0 Å². The summed E-state index contributed by atoms with van der Waals surface area (Å²) in [6, 6.07) is 0. The molecule has 0 spiro atoms. The maximum atomic E-state index is 4.67. The van der Waals surface area contributed by atoms with Crippen LogP contribution in [-0.4, -0.2) is 6.54 Å². The van der Waals surface area contributed by atoms with Crippen LogP contribution in [0.3, 0.4) is 0 Å². The van der Waals surface area contributed by atoms with E-state index in [0.29, 0.717) is 0 Å². The molecule has 0 radical (unpaired) electrons.